The number of nitrogens with one attached hydrogen (secondary N) is 1. The molecule has 15 heavy (non-hydrogen) atoms. The van der Waals surface area contributed by atoms with E-state index in [0.717, 1.165) is 8.66 Å². The van der Waals surface area contributed by atoms with Crippen molar-refractivity contribution in [3.8, 4) is 6.07 Å². The first-order valence-electron chi connectivity index (χ1n) is 5.20. The summed E-state index contributed by atoms with van der Waals surface area (Å²) in [4.78, 5) is 1.11. The quantitative estimate of drug-likeness (QED) is 0.921. The lowest BCUT2D eigenvalue weighted by molar-refractivity contribution is 0.496. The number of halogens is 1. The van der Waals surface area contributed by atoms with Crippen LogP contribution in [0.4, 0.5) is 0 Å². The maximum Gasteiger partial charge on any atom is 0.130 e. The van der Waals surface area contributed by atoms with Gasteiger partial charge in [0.25, 0.3) is 0 Å². The minimum atomic E-state index is -0.135. The molecule has 1 fully saturated rings. The van der Waals surface area contributed by atoms with Crippen LogP contribution in [0, 0.1) is 11.3 Å². The summed E-state index contributed by atoms with van der Waals surface area (Å²) in [7, 11) is 0. The van der Waals surface area contributed by atoms with E-state index in [0.29, 0.717) is 6.04 Å². The Balaban J connectivity index is 2.01. The van der Waals surface area contributed by atoms with Crippen LogP contribution in [0.2, 0.25) is 0 Å². The van der Waals surface area contributed by atoms with Crippen molar-refractivity contribution in [2.75, 3.05) is 0 Å². The van der Waals surface area contributed by atoms with Crippen LogP contribution in [0.1, 0.15) is 36.6 Å². The van der Waals surface area contributed by atoms with Crippen molar-refractivity contribution in [3.05, 3.63) is 20.8 Å². The summed E-state index contributed by atoms with van der Waals surface area (Å²) >= 11 is 5.06. The van der Waals surface area contributed by atoms with Crippen molar-refractivity contribution in [1.82, 2.24) is 5.32 Å². The van der Waals surface area contributed by atoms with Gasteiger partial charge in [0.05, 0.1) is 9.86 Å². The van der Waals surface area contributed by atoms with Crippen molar-refractivity contribution in [1.29, 1.82) is 5.26 Å². The van der Waals surface area contributed by atoms with Crippen LogP contribution in [0.15, 0.2) is 15.9 Å². The van der Waals surface area contributed by atoms with E-state index in [-0.39, 0.29) is 6.04 Å². The monoisotopic (exact) mass is 284 g/mol. The summed E-state index contributed by atoms with van der Waals surface area (Å²) in [5.41, 5.74) is 0. The van der Waals surface area contributed by atoms with Crippen LogP contribution >= 0.6 is 27.3 Å². The molecule has 80 valence electrons. The van der Waals surface area contributed by atoms with Gasteiger partial charge in [-0.3, -0.25) is 5.32 Å². The second-order valence-corrected chi connectivity index (χ2v) is 6.35. The summed E-state index contributed by atoms with van der Waals surface area (Å²) < 4.78 is 1.09. The largest absolute Gasteiger partial charge is 0.295 e. The van der Waals surface area contributed by atoms with Gasteiger partial charge in [-0.25, -0.2) is 0 Å². The highest BCUT2D eigenvalue weighted by Crippen LogP contribution is 2.29. The highest BCUT2D eigenvalue weighted by atomic mass is 79.9. The van der Waals surface area contributed by atoms with Gasteiger partial charge < -0.3 is 0 Å². The van der Waals surface area contributed by atoms with Gasteiger partial charge in [0, 0.05) is 10.9 Å². The molecule has 0 aromatic carbocycles. The van der Waals surface area contributed by atoms with Crippen molar-refractivity contribution in [2.24, 2.45) is 0 Å². The summed E-state index contributed by atoms with van der Waals surface area (Å²) in [6.45, 7) is 0. The molecule has 1 aromatic heterocycles. The standard InChI is InChI=1S/C11H13BrN2S/c12-11-6-5-10(15-11)9(7-13)14-8-3-1-2-4-8/h5-6,8-9,14H,1-4H2. The molecule has 0 radical (unpaired) electrons. The van der Waals surface area contributed by atoms with Gasteiger partial charge in [0.15, 0.2) is 0 Å². The predicted molar refractivity (Wildman–Crippen MR) is 65.8 cm³/mol. The van der Waals surface area contributed by atoms with E-state index < -0.39 is 0 Å². The second-order valence-electron chi connectivity index (χ2n) is 3.85. The lowest BCUT2D eigenvalue weighted by Gasteiger charge is -2.15. The van der Waals surface area contributed by atoms with Crippen molar-refractivity contribution in [3.63, 3.8) is 0 Å². The fraction of sp³-hybridized carbons (Fsp3) is 0.545. The smallest absolute Gasteiger partial charge is 0.130 e. The minimum absolute atomic E-state index is 0.135. The van der Waals surface area contributed by atoms with Crippen LogP contribution in [0.5, 0.6) is 0 Å². The Morgan fingerprint density at radius 3 is 2.73 bits per heavy atom. The number of nitrogens with zero attached hydrogens (tertiary/aromatic N) is 1. The molecule has 2 rings (SSSR count). The summed E-state index contributed by atoms with van der Waals surface area (Å²) in [6.07, 6.45) is 5.02. The first kappa shape index (κ1) is 11.1. The average molecular weight is 285 g/mol. The van der Waals surface area contributed by atoms with E-state index in [1.807, 2.05) is 12.1 Å². The van der Waals surface area contributed by atoms with Gasteiger partial charge >= 0.3 is 0 Å². The van der Waals surface area contributed by atoms with Crippen LogP contribution in [0.3, 0.4) is 0 Å². The molecule has 1 unspecified atom stereocenters. The zero-order valence-corrected chi connectivity index (χ0v) is 10.8. The first-order valence-corrected chi connectivity index (χ1v) is 6.81. The molecule has 0 saturated heterocycles. The van der Waals surface area contributed by atoms with Gasteiger partial charge in [-0.1, -0.05) is 12.8 Å². The summed E-state index contributed by atoms with van der Waals surface area (Å²) in [6, 6.07) is 6.76. The van der Waals surface area contributed by atoms with Gasteiger partial charge in [0.1, 0.15) is 6.04 Å². The molecule has 1 atom stereocenters. The van der Waals surface area contributed by atoms with Crippen molar-refractivity contribution in [2.45, 2.75) is 37.8 Å². The fourth-order valence-electron chi connectivity index (χ4n) is 1.99. The minimum Gasteiger partial charge on any atom is -0.295 e. The topological polar surface area (TPSA) is 35.8 Å². The zero-order chi connectivity index (χ0) is 10.7. The molecule has 0 bridgehead atoms. The molecule has 0 aliphatic heterocycles. The van der Waals surface area contributed by atoms with E-state index in [2.05, 4.69) is 27.3 Å². The molecule has 1 aromatic rings. The Hall–Kier alpha value is -0.370. The van der Waals surface area contributed by atoms with Gasteiger partial charge in [-0.05, 0) is 40.9 Å². The van der Waals surface area contributed by atoms with Crippen LogP contribution in [0.25, 0.3) is 0 Å². The lowest BCUT2D eigenvalue weighted by Crippen LogP contribution is -2.29. The third-order valence-corrected chi connectivity index (χ3v) is 4.45. The van der Waals surface area contributed by atoms with Crippen LogP contribution in [-0.4, -0.2) is 6.04 Å². The van der Waals surface area contributed by atoms with E-state index in [9.17, 15) is 0 Å². The van der Waals surface area contributed by atoms with E-state index >= 15 is 0 Å². The molecule has 0 spiro atoms. The zero-order valence-electron chi connectivity index (χ0n) is 8.37. The third kappa shape index (κ3) is 2.81. The SMILES string of the molecule is N#CC(NC1CCCC1)c1ccc(Br)s1. The lowest BCUT2D eigenvalue weighted by atomic mass is 10.2. The number of thiophene rings is 1. The van der Waals surface area contributed by atoms with E-state index in [1.54, 1.807) is 11.3 Å². The Morgan fingerprint density at radius 1 is 1.47 bits per heavy atom. The number of hydrogen-bond acceptors (Lipinski definition) is 3. The Labute approximate surface area is 102 Å². The van der Waals surface area contributed by atoms with Crippen molar-refractivity contribution >= 4 is 27.3 Å². The molecule has 1 N–H and O–H groups in total. The number of rotatable bonds is 3. The molecule has 1 saturated carbocycles. The molecule has 0 amide bonds. The number of hydrogen-bond donors (Lipinski definition) is 1. The maximum atomic E-state index is 9.13. The molecular formula is C11H13BrN2S. The van der Waals surface area contributed by atoms with Gasteiger partial charge in [-0.2, -0.15) is 5.26 Å². The van der Waals surface area contributed by atoms with Crippen LogP contribution in [-0.2, 0) is 0 Å². The fourth-order valence-corrected chi connectivity index (χ4v) is 3.42. The number of nitriles is 1. The maximum absolute atomic E-state index is 9.13. The molecule has 1 aliphatic rings. The van der Waals surface area contributed by atoms with E-state index in [4.69, 9.17) is 5.26 Å². The molecule has 2 nitrogen and oxygen atoms in total. The molecular weight excluding hydrogens is 272 g/mol. The van der Waals surface area contributed by atoms with Crippen LogP contribution < -0.4 is 5.32 Å². The molecule has 4 heteroatoms. The summed E-state index contributed by atoms with van der Waals surface area (Å²) in [5.74, 6) is 0. The first-order chi connectivity index (χ1) is 7.29. The van der Waals surface area contributed by atoms with Gasteiger partial charge in [0.2, 0.25) is 0 Å². The third-order valence-electron chi connectivity index (χ3n) is 2.77. The predicted octanol–water partition coefficient (Wildman–Crippen LogP) is 3.61. The Morgan fingerprint density at radius 2 is 2.20 bits per heavy atom. The highest BCUT2D eigenvalue weighted by Gasteiger charge is 2.20. The average Bonchev–Trinajstić information content (AvgIpc) is 2.85. The molecule has 1 aliphatic carbocycles. The summed E-state index contributed by atoms with van der Waals surface area (Å²) in [5, 5.41) is 12.6. The highest BCUT2D eigenvalue weighted by molar-refractivity contribution is 9.11. The molecule has 1 heterocycles. The van der Waals surface area contributed by atoms with Crippen molar-refractivity contribution < 1.29 is 0 Å². The normalized spacial score (nSPS) is 18.9. The Bertz CT molecular complexity index is 363. The van der Waals surface area contributed by atoms with E-state index in [1.165, 1.54) is 25.7 Å². The Kier molecular flexibility index (Phi) is 3.79. The second kappa shape index (κ2) is 5.11. The van der Waals surface area contributed by atoms with Gasteiger partial charge in [-0.15, -0.1) is 11.3 Å².